The van der Waals surface area contributed by atoms with E-state index in [1.54, 1.807) is 4.90 Å². The summed E-state index contributed by atoms with van der Waals surface area (Å²) in [5.74, 6) is -0.242. The van der Waals surface area contributed by atoms with Gasteiger partial charge in [0.15, 0.2) is 0 Å². The fraction of sp³-hybridized carbons (Fsp3) is 0.636. The number of fused-ring (bicyclic) bond motifs is 2. The molecule has 0 aliphatic carbocycles. The number of morpholine rings is 1. The highest BCUT2D eigenvalue weighted by molar-refractivity contribution is 5.92. The predicted molar refractivity (Wildman–Crippen MR) is 107 cm³/mol. The Hall–Kier alpha value is -2.12. The van der Waals surface area contributed by atoms with Crippen LogP contribution in [0.5, 0.6) is 0 Å². The topological polar surface area (TPSA) is 68.3 Å². The van der Waals surface area contributed by atoms with Gasteiger partial charge in [-0.25, -0.2) is 9.59 Å². The molecule has 3 aliphatic heterocycles. The van der Waals surface area contributed by atoms with Gasteiger partial charge in [0.1, 0.15) is 11.7 Å². The Bertz CT molecular complexity index is 803. The number of amides is 1. The molecule has 158 valence electrons. The van der Waals surface area contributed by atoms with Gasteiger partial charge in [-0.3, -0.25) is 4.90 Å². The van der Waals surface area contributed by atoms with Gasteiger partial charge in [0, 0.05) is 32.6 Å². The molecule has 0 N–H and O–H groups in total. The molecule has 3 aliphatic rings. The van der Waals surface area contributed by atoms with Gasteiger partial charge in [-0.05, 0) is 44.9 Å². The van der Waals surface area contributed by atoms with Crippen LogP contribution in [0.4, 0.5) is 4.79 Å². The van der Waals surface area contributed by atoms with Crippen LogP contribution in [0.2, 0.25) is 0 Å². The second-order valence-electron chi connectivity index (χ2n) is 9.23. The summed E-state index contributed by atoms with van der Waals surface area (Å²) in [6.45, 7) is 11.0. The van der Waals surface area contributed by atoms with Gasteiger partial charge in [0.25, 0.3) is 0 Å². The summed E-state index contributed by atoms with van der Waals surface area (Å²) >= 11 is 0. The maximum absolute atomic E-state index is 12.4. The molecule has 0 spiro atoms. The van der Waals surface area contributed by atoms with Crippen molar-refractivity contribution in [3.8, 4) is 0 Å². The Labute approximate surface area is 171 Å². The van der Waals surface area contributed by atoms with E-state index in [1.165, 1.54) is 0 Å². The molecule has 7 heteroatoms. The highest BCUT2D eigenvalue weighted by atomic mass is 16.6. The van der Waals surface area contributed by atoms with Crippen molar-refractivity contribution < 1.29 is 23.8 Å². The number of hydrogen-bond acceptors (Lipinski definition) is 6. The molecule has 1 aromatic rings. The summed E-state index contributed by atoms with van der Waals surface area (Å²) in [6.07, 6.45) is 0.356. The molecule has 0 aromatic heterocycles. The molecule has 0 bridgehead atoms. The summed E-state index contributed by atoms with van der Waals surface area (Å²) in [6, 6.07) is 6.10. The van der Waals surface area contributed by atoms with Gasteiger partial charge in [-0.15, -0.1) is 0 Å². The fourth-order valence-electron chi connectivity index (χ4n) is 4.26. The quantitative estimate of drug-likeness (QED) is 0.673. The van der Waals surface area contributed by atoms with Crippen LogP contribution < -0.4 is 0 Å². The molecule has 29 heavy (non-hydrogen) atoms. The van der Waals surface area contributed by atoms with E-state index in [2.05, 4.69) is 11.0 Å². The van der Waals surface area contributed by atoms with Crippen molar-refractivity contribution in [2.75, 3.05) is 32.8 Å². The van der Waals surface area contributed by atoms with Crippen molar-refractivity contribution in [2.24, 2.45) is 0 Å². The lowest BCUT2D eigenvalue weighted by Crippen LogP contribution is -2.60. The van der Waals surface area contributed by atoms with Crippen LogP contribution in [0.25, 0.3) is 0 Å². The van der Waals surface area contributed by atoms with Crippen LogP contribution in [-0.2, 0) is 20.6 Å². The van der Waals surface area contributed by atoms with Crippen LogP contribution in [-0.4, -0.2) is 72.4 Å². The highest BCUT2D eigenvalue weighted by Crippen LogP contribution is 2.30. The first kappa shape index (κ1) is 20.2. The summed E-state index contributed by atoms with van der Waals surface area (Å²) in [7, 11) is 0. The maximum atomic E-state index is 12.4. The molecule has 0 radical (unpaired) electrons. The van der Waals surface area contributed by atoms with E-state index < -0.39 is 5.60 Å². The lowest BCUT2D eigenvalue weighted by Gasteiger charge is -2.46. The Morgan fingerprint density at radius 2 is 2.00 bits per heavy atom. The zero-order chi connectivity index (χ0) is 20.8. The molecule has 3 heterocycles. The number of ether oxygens (including phenoxy) is 3. The van der Waals surface area contributed by atoms with Crippen LogP contribution in [0.15, 0.2) is 18.2 Å². The van der Waals surface area contributed by atoms with Crippen molar-refractivity contribution in [1.29, 1.82) is 0 Å². The van der Waals surface area contributed by atoms with Crippen molar-refractivity contribution >= 4 is 12.1 Å². The van der Waals surface area contributed by atoms with Crippen LogP contribution in [0.1, 0.15) is 55.3 Å². The molecule has 2 saturated heterocycles. The largest absolute Gasteiger partial charge is 0.459 e. The van der Waals surface area contributed by atoms with Gasteiger partial charge in [0.2, 0.25) is 0 Å². The molecule has 4 rings (SSSR count). The number of benzene rings is 1. The van der Waals surface area contributed by atoms with E-state index in [4.69, 9.17) is 14.2 Å². The molecule has 7 nitrogen and oxygen atoms in total. The van der Waals surface area contributed by atoms with Crippen LogP contribution in [0, 0.1) is 0 Å². The Morgan fingerprint density at radius 1 is 1.21 bits per heavy atom. The van der Waals surface area contributed by atoms with E-state index >= 15 is 0 Å². The summed E-state index contributed by atoms with van der Waals surface area (Å²) < 4.78 is 17.0. The Kier molecular flexibility index (Phi) is 5.29. The minimum Gasteiger partial charge on any atom is -0.459 e. The fourth-order valence-corrected chi connectivity index (χ4v) is 4.26. The molecule has 1 amide bonds. The van der Waals surface area contributed by atoms with E-state index in [-0.39, 0.29) is 30.3 Å². The van der Waals surface area contributed by atoms with Gasteiger partial charge in [0.05, 0.1) is 24.3 Å². The number of esters is 1. The lowest BCUT2D eigenvalue weighted by molar-refractivity contribution is -0.0906. The molecule has 0 saturated carbocycles. The standard InChI is InChI=1S/C22H30N2O5/c1-14-9-16-10-15(5-6-18(16)20(25)28-14)19-12-23-7-8-24(11-17(23)13-27-19)21(26)29-22(2,3)4/h5-6,10,14,17,19H,7-9,11-13H2,1-4H3. The summed E-state index contributed by atoms with van der Waals surface area (Å²) in [4.78, 5) is 28.6. The summed E-state index contributed by atoms with van der Waals surface area (Å²) in [5, 5.41) is 0. The lowest BCUT2D eigenvalue weighted by atomic mass is 9.94. The average Bonchev–Trinajstić information content (AvgIpc) is 2.65. The minimum atomic E-state index is -0.487. The van der Waals surface area contributed by atoms with Gasteiger partial charge in [-0.1, -0.05) is 12.1 Å². The van der Waals surface area contributed by atoms with Gasteiger partial charge in [-0.2, -0.15) is 0 Å². The molecular weight excluding hydrogens is 372 g/mol. The first-order valence-corrected chi connectivity index (χ1v) is 10.4. The number of hydrogen-bond donors (Lipinski definition) is 0. The zero-order valence-corrected chi connectivity index (χ0v) is 17.6. The first-order valence-electron chi connectivity index (χ1n) is 10.4. The maximum Gasteiger partial charge on any atom is 0.410 e. The van der Waals surface area contributed by atoms with Crippen molar-refractivity contribution in [3.05, 3.63) is 34.9 Å². The molecular formula is C22H30N2O5. The average molecular weight is 402 g/mol. The number of nitrogens with zero attached hydrogens (tertiary/aromatic N) is 2. The van der Waals surface area contributed by atoms with E-state index in [0.29, 0.717) is 25.3 Å². The molecule has 3 unspecified atom stereocenters. The van der Waals surface area contributed by atoms with Gasteiger partial charge < -0.3 is 19.1 Å². The molecule has 3 atom stereocenters. The third kappa shape index (κ3) is 4.41. The Morgan fingerprint density at radius 3 is 2.76 bits per heavy atom. The number of piperazine rings is 1. The van der Waals surface area contributed by atoms with Crippen LogP contribution >= 0.6 is 0 Å². The second-order valence-corrected chi connectivity index (χ2v) is 9.23. The summed E-state index contributed by atoms with van der Waals surface area (Å²) in [5.41, 5.74) is 2.30. The number of carbonyl (C=O) groups excluding carboxylic acids is 2. The minimum absolute atomic E-state index is 0.0297. The highest BCUT2D eigenvalue weighted by Gasteiger charge is 2.37. The normalized spacial score (nSPS) is 27.7. The third-order valence-electron chi connectivity index (χ3n) is 5.68. The van der Waals surface area contributed by atoms with Gasteiger partial charge >= 0.3 is 12.1 Å². The molecule has 2 fully saturated rings. The van der Waals surface area contributed by atoms with Crippen molar-refractivity contribution in [1.82, 2.24) is 9.80 Å². The molecule has 1 aromatic carbocycles. The smallest absolute Gasteiger partial charge is 0.410 e. The number of carbonyl (C=O) groups is 2. The van der Waals surface area contributed by atoms with Crippen LogP contribution in [0.3, 0.4) is 0 Å². The van der Waals surface area contributed by atoms with E-state index in [9.17, 15) is 9.59 Å². The van der Waals surface area contributed by atoms with Crippen molar-refractivity contribution in [3.63, 3.8) is 0 Å². The second kappa shape index (κ2) is 7.61. The monoisotopic (exact) mass is 402 g/mol. The number of rotatable bonds is 1. The first-order chi connectivity index (χ1) is 13.7. The number of cyclic esters (lactones) is 1. The SMILES string of the molecule is CC1Cc2cc(C3CN4CCN(C(=O)OC(C)(C)C)CC4CO3)ccc2C(=O)O1. The predicted octanol–water partition coefficient (Wildman–Crippen LogP) is 2.78. The van der Waals surface area contributed by atoms with Crippen molar-refractivity contribution in [2.45, 2.75) is 58.0 Å². The van der Waals surface area contributed by atoms with E-state index in [1.807, 2.05) is 39.8 Å². The Balaban J connectivity index is 1.40. The third-order valence-corrected chi connectivity index (χ3v) is 5.68. The van der Waals surface area contributed by atoms with E-state index in [0.717, 1.165) is 30.6 Å². The zero-order valence-electron chi connectivity index (χ0n) is 17.6.